The Kier molecular flexibility index (Phi) is 4.69. The Bertz CT molecular complexity index is 606. The third-order valence-electron chi connectivity index (χ3n) is 3.39. The Balaban J connectivity index is 2.16. The van der Waals surface area contributed by atoms with Crippen LogP contribution in [0.5, 0.6) is 5.75 Å². The van der Waals surface area contributed by atoms with Gasteiger partial charge in [0, 0.05) is 10.6 Å². The summed E-state index contributed by atoms with van der Waals surface area (Å²) in [6.07, 6.45) is -0.608. The molecule has 20 heavy (non-hydrogen) atoms. The first-order valence-corrected chi connectivity index (χ1v) is 7.01. The fourth-order valence-corrected chi connectivity index (χ4v) is 2.21. The van der Waals surface area contributed by atoms with Crippen molar-refractivity contribution in [1.29, 1.82) is 0 Å². The van der Waals surface area contributed by atoms with Crippen LogP contribution in [-0.4, -0.2) is 5.11 Å². The summed E-state index contributed by atoms with van der Waals surface area (Å²) in [6.45, 7) is 6.35. The van der Waals surface area contributed by atoms with E-state index < -0.39 is 6.10 Å². The molecule has 0 saturated carbocycles. The van der Waals surface area contributed by atoms with E-state index in [2.05, 4.69) is 32.0 Å². The Morgan fingerprint density at radius 1 is 1.10 bits per heavy atom. The van der Waals surface area contributed by atoms with Crippen molar-refractivity contribution in [1.82, 2.24) is 0 Å². The quantitative estimate of drug-likeness (QED) is 0.892. The maximum absolute atomic E-state index is 9.77. The molecule has 0 aliphatic rings. The van der Waals surface area contributed by atoms with Gasteiger partial charge in [0.2, 0.25) is 0 Å². The number of hydrogen-bond donors (Lipinski definition) is 1. The molecule has 0 heterocycles. The van der Waals surface area contributed by atoms with Crippen molar-refractivity contribution in [3.63, 3.8) is 0 Å². The summed E-state index contributed by atoms with van der Waals surface area (Å²) in [4.78, 5) is 0. The average Bonchev–Trinajstić information content (AvgIpc) is 2.41. The predicted octanol–water partition coefficient (Wildman–Crippen LogP) is 4.59. The zero-order valence-corrected chi connectivity index (χ0v) is 12.7. The highest BCUT2D eigenvalue weighted by molar-refractivity contribution is 6.30. The van der Waals surface area contributed by atoms with Crippen LogP contribution in [0.25, 0.3) is 0 Å². The Labute approximate surface area is 125 Å². The van der Waals surface area contributed by atoms with Gasteiger partial charge in [0.05, 0.1) is 6.10 Å². The molecular formula is C17H19ClO2. The number of rotatable bonds is 4. The number of ether oxygens (including phenoxy) is 1. The first kappa shape index (κ1) is 14.9. The summed E-state index contributed by atoms with van der Waals surface area (Å²) in [5, 5.41) is 10.4. The van der Waals surface area contributed by atoms with Crippen molar-refractivity contribution in [3.05, 3.63) is 63.7 Å². The summed E-state index contributed by atoms with van der Waals surface area (Å²) in [5.41, 5.74) is 4.34. The molecule has 0 saturated heterocycles. The van der Waals surface area contributed by atoms with E-state index in [1.54, 1.807) is 25.1 Å². The average molecular weight is 291 g/mol. The van der Waals surface area contributed by atoms with Crippen molar-refractivity contribution < 1.29 is 9.84 Å². The van der Waals surface area contributed by atoms with Crippen LogP contribution >= 0.6 is 11.6 Å². The van der Waals surface area contributed by atoms with E-state index in [9.17, 15) is 5.11 Å². The topological polar surface area (TPSA) is 29.5 Å². The second kappa shape index (κ2) is 6.29. The smallest absolute Gasteiger partial charge is 0.125 e. The number of aliphatic hydroxyl groups excluding tert-OH is 1. The van der Waals surface area contributed by atoms with Gasteiger partial charge in [-0.2, -0.15) is 0 Å². The van der Waals surface area contributed by atoms with Crippen LogP contribution in [0.4, 0.5) is 0 Å². The predicted molar refractivity (Wildman–Crippen MR) is 82.3 cm³/mol. The van der Waals surface area contributed by atoms with Crippen molar-refractivity contribution in [2.24, 2.45) is 0 Å². The minimum absolute atomic E-state index is 0.475. The summed E-state index contributed by atoms with van der Waals surface area (Å²) in [6, 6.07) is 11.6. The number of halogens is 1. The van der Waals surface area contributed by atoms with Crippen molar-refractivity contribution in [2.75, 3.05) is 0 Å². The number of hydrogen-bond acceptors (Lipinski definition) is 2. The Morgan fingerprint density at radius 3 is 2.50 bits per heavy atom. The van der Waals surface area contributed by atoms with Crippen LogP contribution in [0.3, 0.4) is 0 Å². The van der Waals surface area contributed by atoms with Crippen LogP contribution in [0.15, 0.2) is 36.4 Å². The molecule has 0 fully saturated rings. The normalized spacial score (nSPS) is 12.2. The SMILES string of the molecule is Cc1ccc(COc2ccc(Cl)cc2[C@@H](C)O)cc1C. The molecule has 3 heteroatoms. The van der Waals surface area contributed by atoms with Gasteiger partial charge in [-0.3, -0.25) is 0 Å². The summed E-state index contributed by atoms with van der Waals surface area (Å²) in [5.74, 6) is 0.669. The summed E-state index contributed by atoms with van der Waals surface area (Å²) < 4.78 is 5.82. The lowest BCUT2D eigenvalue weighted by molar-refractivity contribution is 0.190. The second-order valence-electron chi connectivity index (χ2n) is 5.07. The van der Waals surface area contributed by atoms with Gasteiger partial charge in [0.1, 0.15) is 12.4 Å². The highest BCUT2D eigenvalue weighted by atomic mass is 35.5. The summed E-state index contributed by atoms with van der Waals surface area (Å²) >= 11 is 5.95. The lowest BCUT2D eigenvalue weighted by atomic mass is 10.1. The molecule has 0 bridgehead atoms. The van der Waals surface area contributed by atoms with Gasteiger partial charge in [-0.15, -0.1) is 0 Å². The fourth-order valence-electron chi connectivity index (χ4n) is 2.03. The molecule has 0 aliphatic heterocycles. The zero-order chi connectivity index (χ0) is 14.7. The Morgan fingerprint density at radius 2 is 1.85 bits per heavy atom. The third kappa shape index (κ3) is 3.53. The highest BCUT2D eigenvalue weighted by Crippen LogP contribution is 2.29. The van der Waals surface area contributed by atoms with Gasteiger partial charge in [0.25, 0.3) is 0 Å². The largest absolute Gasteiger partial charge is 0.489 e. The van der Waals surface area contributed by atoms with E-state index in [0.29, 0.717) is 22.9 Å². The maximum atomic E-state index is 9.77. The van der Waals surface area contributed by atoms with Crippen molar-refractivity contribution in [2.45, 2.75) is 33.5 Å². The Hall–Kier alpha value is -1.51. The molecule has 1 atom stereocenters. The lowest BCUT2D eigenvalue weighted by Crippen LogP contribution is -2.01. The molecule has 0 radical (unpaired) electrons. The van der Waals surface area contributed by atoms with Gasteiger partial charge in [-0.1, -0.05) is 29.8 Å². The minimum atomic E-state index is -0.608. The lowest BCUT2D eigenvalue weighted by Gasteiger charge is -2.14. The minimum Gasteiger partial charge on any atom is -0.489 e. The monoisotopic (exact) mass is 290 g/mol. The maximum Gasteiger partial charge on any atom is 0.125 e. The van der Waals surface area contributed by atoms with E-state index in [4.69, 9.17) is 16.3 Å². The molecule has 2 aromatic carbocycles. The molecule has 2 aromatic rings. The molecule has 2 rings (SSSR count). The molecule has 2 nitrogen and oxygen atoms in total. The third-order valence-corrected chi connectivity index (χ3v) is 3.62. The van der Waals surface area contributed by atoms with E-state index in [-0.39, 0.29) is 0 Å². The van der Waals surface area contributed by atoms with Crippen molar-refractivity contribution >= 4 is 11.6 Å². The molecule has 0 aliphatic carbocycles. The van der Waals surface area contributed by atoms with E-state index in [1.165, 1.54) is 11.1 Å². The number of benzene rings is 2. The van der Waals surface area contributed by atoms with E-state index >= 15 is 0 Å². The van der Waals surface area contributed by atoms with Gasteiger partial charge < -0.3 is 9.84 Å². The highest BCUT2D eigenvalue weighted by Gasteiger charge is 2.10. The van der Waals surface area contributed by atoms with Gasteiger partial charge in [-0.05, 0) is 55.7 Å². The van der Waals surface area contributed by atoms with Crippen LogP contribution < -0.4 is 4.74 Å². The standard InChI is InChI=1S/C17H19ClO2/c1-11-4-5-14(8-12(11)2)10-20-17-7-6-15(18)9-16(17)13(3)19/h4-9,13,19H,10H2,1-3H3/t13-/m1/s1. The molecule has 106 valence electrons. The molecule has 0 unspecified atom stereocenters. The molecule has 0 amide bonds. The molecular weight excluding hydrogens is 272 g/mol. The second-order valence-corrected chi connectivity index (χ2v) is 5.50. The summed E-state index contributed by atoms with van der Waals surface area (Å²) in [7, 11) is 0. The first-order valence-electron chi connectivity index (χ1n) is 6.64. The number of aryl methyl sites for hydroxylation is 2. The number of aliphatic hydroxyl groups is 1. The van der Waals surface area contributed by atoms with Gasteiger partial charge in [-0.25, -0.2) is 0 Å². The van der Waals surface area contributed by atoms with Crippen LogP contribution in [-0.2, 0) is 6.61 Å². The fraction of sp³-hybridized carbons (Fsp3) is 0.294. The molecule has 0 aromatic heterocycles. The van der Waals surface area contributed by atoms with Crippen LogP contribution in [0.1, 0.15) is 35.3 Å². The van der Waals surface area contributed by atoms with Crippen LogP contribution in [0, 0.1) is 13.8 Å². The molecule has 0 spiro atoms. The molecule has 1 N–H and O–H groups in total. The van der Waals surface area contributed by atoms with Gasteiger partial charge in [0.15, 0.2) is 0 Å². The first-order chi connectivity index (χ1) is 9.47. The van der Waals surface area contributed by atoms with E-state index in [0.717, 1.165) is 5.56 Å². The van der Waals surface area contributed by atoms with Crippen molar-refractivity contribution in [3.8, 4) is 5.75 Å². The van der Waals surface area contributed by atoms with Crippen LogP contribution in [0.2, 0.25) is 5.02 Å². The zero-order valence-electron chi connectivity index (χ0n) is 12.0. The van der Waals surface area contributed by atoms with Gasteiger partial charge >= 0.3 is 0 Å². The van der Waals surface area contributed by atoms with E-state index in [1.807, 2.05) is 0 Å².